The highest BCUT2D eigenvalue weighted by Gasteiger charge is 2.37. The molecule has 0 spiro atoms. The van der Waals surface area contributed by atoms with Crippen LogP contribution in [0, 0.1) is 0 Å². The predicted molar refractivity (Wildman–Crippen MR) is 90.4 cm³/mol. The van der Waals surface area contributed by atoms with E-state index in [9.17, 15) is 4.79 Å². The van der Waals surface area contributed by atoms with E-state index in [2.05, 4.69) is 29.3 Å². The molecule has 1 atom stereocenters. The van der Waals surface area contributed by atoms with Crippen molar-refractivity contribution in [2.45, 2.75) is 32.2 Å². The van der Waals surface area contributed by atoms with Gasteiger partial charge in [0, 0.05) is 24.2 Å². The molecule has 1 aliphatic heterocycles. The van der Waals surface area contributed by atoms with E-state index in [0.29, 0.717) is 6.42 Å². The highest BCUT2D eigenvalue weighted by Crippen LogP contribution is 2.44. The second-order valence-corrected chi connectivity index (χ2v) is 6.02. The van der Waals surface area contributed by atoms with Gasteiger partial charge in [0.2, 0.25) is 0 Å². The van der Waals surface area contributed by atoms with Crippen molar-refractivity contribution in [1.29, 1.82) is 0 Å². The number of furan rings is 1. The van der Waals surface area contributed by atoms with Crippen molar-refractivity contribution in [2.75, 3.05) is 16.8 Å². The summed E-state index contributed by atoms with van der Waals surface area (Å²) in [5.41, 5.74) is 4.08. The van der Waals surface area contributed by atoms with E-state index in [1.807, 2.05) is 24.3 Å². The summed E-state index contributed by atoms with van der Waals surface area (Å²) in [6.45, 7) is 2.92. The minimum Gasteiger partial charge on any atom is -0.467 e. The number of carbonyl (C=O) groups excluding carboxylic acids is 1. The van der Waals surface area contributed by atoms with Crippen molar-refractivity contribution in [3.63, 3.8) is 0 Å². The van der Waals surface area contributed by atoms with Gasteiger partial charge in [-0.05, 0) is 44.0 Å². The third-order valence-electron chi connectivity index (χ3n) is 4.69. The third kappa shape index (κ3) is 2.25. The minimum absolute atomic E-state index is 0.158. The Labute approximate surface area is 135 Å². The zero-order valence-corrected chi connectivity index (χ0v) is 13.2. The number of hydrogen-bond donors (Lipinski definition) is 1. The molecule has 0 bridgehead atoms. The number of nitrogens with one attached hydrogen (secondary N) is 1. The molecule has 0 fully saturated rings. The Morgan fingerprint density at radius 3 is 2.87 bits per heavy atom. The van der Waals surface area contributed by atoms with Crippen molar-refractivity contribution < 1.29 is 9.21 Å². The number of benzene rings is 1. The van der Waals surface area contributed by atoms with Gasteiger partial charge in [0.1, 0.15) is 11.8 Å². The Hall–Kier alpha value is -2.49. The number of para-hydroxylation sites is 2. The molecule has 0 radical (unpaired) electrons. The average molecular weight is 308 g/mol. The lowest BCUT2D eigenvalue weighted by molar-refractivity contribution is -0.116. The molecule has 2 aliphatic rings. The molecule has 1 aliphatic carbocycles. The molecule has 4 heteroatoms. The van der Waals surface area contributed by atoms with Gasteiger partial charge in [-0.25, -0.2) is 0 Å². The molecule has 2 heterocycles. The number of fused-ring (bicyclic) bond motifs is 1. The number of likely N-dealkylation sites (N-methyl/N-ethyl adjacent to an activating group) is 1. The van der Waals surface area contributed by atoms with E-state index >= 15 is 0 Å². The fraction of sp³-hybridized carbons (Fsp3) is 0.316. The Kier molecular flexibility index (Phi) is 3.45. The van der Waals surface area contributed by atoms with Crippen molar-refractivity contribution in [2.24, 2.45) is 0 Å². The molecule has 2 aromatic rings. The summed E-state index contributed by atoms with van der Waals surface area (Å²) < 4.78 is 5.72. The second-order valence-electron chi connectivity index (χ2n) is 6.02. The van der Waals surface area contributed by atoms with Crippen LogP contribution < -0.4 is 10.2 Å². The van der Waals surface area contributed by atoms with Crippen LogP contribution in [0.15, 0.2) is 58.3 Å². The van der Waals surface area contributed by atoms with Crippen molar-refractivity contribution in [1.82, 2.24) is 0 Å². The summed E-state index contributed by atoms with van der Waals surface area (Å²) in [6, 6.07) is 11.9. The number of nitrogens with zero attached hydrogens (tertiary/aromatic N) is 1. The summed E-state index contributed by atoms with van der Waals surface area (Å²) in [7, 11) is 0. The largest absolute Gasteiger partial charge is 0.467 e. The normalized spacial score (nSPS) is 20.7. The quantitative estimate of drug-likeness (QED) is 0.899. The number of hydrogen-bond acceptors (Lipinski definition) is 4. The van der Waals surface area contributed by atoms with Crippen LogP contribution in [0.3, 0.4) is 0 Å². The molecule has 1 N–H and O–H groups in total. The number of allylic oxidation sites excluding steroid dienone is 1. The molecule has 1 aromatic carbocycles. The van der Waals surface area contributed by atoms with E-state index in [1.165, 1.54) is 0 Å². The van der Waals surface area contributed by atoms with Gasteiger partial charge < -0.3 is 14.6 Å². The summed E-state index contributed by atoms with van der Waals surface area (Å²) in [6.07, 6.45) is 4.11. The molecule has 118 valence electrons. The highest BCUT2D eigenvalue weighted by molar-refractivity contribution is 6.00. The molecule has 4 rings (SSSR count). The van der Waals surface area contributed by atoms with E-state index in [-0.39, 0.29) is 11.8 Å². The first-order valence-electron chi connectivity index (χ1n) is 8.22. The Balaban J connectivity index is 1.96. The van der Waals surface area contributed by atoms with Gasteiger partial charge in [0.25, 0.3) is 0 Å². The fourth-order valence-corrected chi connectivity index (χ4v) is 3.69. The molecular weight excluding hydrogens is 288 g/mol. The van der Waals surface area contributed by atoms with Gasteiger partial charge >= 0.3 is 0 Å². The molecular formula is C19H20N2O2. The monoisotopic (exact) mass is 308 g/mol. The topological polar surface area (TPSA) is 45.5 Å². The maximum atomic E-state index is 12.7. The number of Topliss-reactive ketones (excluding diaryl/α,β-unsaturated/α-hetero) is 1. The molecule has 0 saturated carbocycles. The van der Waals surface area contributed by atoms with E-state index in [1.54, 1.807) is 6.26 Å². The smallest absolute Gasteiger partial charge is 0.163 e. The number of carbonyl (C=O) groups is 1. The van der Waals surface area contributed by atoms with Crippen LogP contribution >= 0.6 is 0 Å². The summed E-state index contributed by atoms with van der Waals surface area (Å²) >= 11 is 0. The number of ketones is 1. The predicted octanol–water partition coefficient (Wildman–Crippen LogP) is 4.28. The molecule has 0 amide bonds. The average Bonchev–Trinajstić information content (AvgIpc) is 3.04. The molecule has 0 unspecified atom stereocenters. The van der Waals surface area contributed by atoms with Gasteiger partial charge in [-0.1, -0.05) is 12.1 Å². The Morgan fingerprint density at radius 2 is 2.09 bits per heavy atom. The number of rotatable bonds is 2. The Bertz CT molecular complexity index is 761. The standard InChI is InChI=1S/C19H20N2O2/c1-2-21-15-9-4-3-7-13(15)20-14-8-5-10-16(22)18(14)19(21)17-11-6-12-23-17/h3-4,6-7,9,11-12,19-20H,2,5,8,10H2,1H3/t19-/m0/s1. The number of anilines is 2. The summed E-state index contributed by atoms with van der Waals surface area (Å²) in [5, 5.41) is 3.52. The van der Waals surface area contributed by atoms with Crippen LogP contribution in [0.4, 0.5) is 11.4 Å². The lowest BCUT2D eigenvalue weighted by atomic mass is 9.88. The minimum atomic E-state index is -0.158. The molecule has 23 heavy (non-hydrogen) atoms. The lowest BCUT2D eigenvalue weighted by Gasteiger charge is -2.32. The molecule has 4 nitrogen and oxygen atoms in total. The van der Waals surface area contributed by atoms with Crippen molar-refractivity contribution in [3.8, 4) is 0 Å². The SMILES string of the molecule is CCN1c2ccccc2NC2=C(C(=O)CCC2)[C@@H]1c1ccco1. The van der Waals surface area contributed by atoms with Gasteiger partial charge in [0.15, 0.2) is 5.78 Å². The van der Waals surface area contributed by atoms with Crippen LogP contribution in [0.5, 0.6) is 0 Å². The van der Waals surface area contributed by atoms with Gasteiger partial charge in [-0.3, -0.25) is 4.79 Å². The fourth-order valence-electron chi connectivity index (χ4n) is 3.69. The highest BCUT2D eigenvalue weighted by atomic mass is 16.3. The zero-order valence-electron chi connectivity index (χ0n) is 13.2. The maximum absolute atomic E-state index is 12.7. The van der Waals surface area contributed by atoms with E-state index in [4.69, 9.17) is 4.42 Å². The zero-order chi connectivity index (χ0) is 15.8. The lowest BCUT2D eigenvalue weighted by Crippen LogP contribution is -2.32. The summed E-state index contributed by atoms with van der Waals surface area (Å²) in [4.78, 5) is 15.0. The summed E-state index contributed by atoms with van der Waals surface area (Å²) in [5.74, 6) is 1.06. The Morgan fingerprint density at radius 1 is 1.22 bits per heavy atom. The first-order chi connectivity index (χ1) is 11.3. The second kappa shape index (κ2) is 5.61. The third-order valence-corrected chi connectivity index (χ3v) is 4.69. The van der Waals surface area contributed by atoms with Crippen molar-refractivity contribution in [3.05, 3.63) is 59.7 Å². The van der Waals surface area contributed by atoms with E-state index in [0.717, 1.165) is 47.8 Å². The van der Waals surface area contributed by atoms with Gasteiger partial charge in [0.05, 0.1) is 17.6 Å². The first kappa shape index (κ1) is 14.1. The van der Waals surface area contributed by atoms with Crippen LogP contribution in [0.25, 0.3) is 0 Å². The van der Waals surface area contributed by atoms with Crippen LogP contribution in [0.2, 0.25) is 0 Å². The van der Waals surface area contributed by atoms with Crippen LogP contribution in [0.1, 0.15) is 38.0 Å². The molecule has 0 saturated heterocycles. The van der Waals surface area contributed by atoms with E-state index < -0.39 is 0 Å². The first-order valence-corrected chi connectivity index (χ1v) is 8.22. The van der Waals surface area contributed by atoms with Crippen LogP contribution in [-0.4, -0.2) is 12.3 Å². The molecule has 1 aromatic heterocycles. The maximum Gasteiger partial charge on any atom is 0.163 e. The van der Waals surface area contributed by atoms with Gasteiger partial charge in [-0.2, -0.15) is 0 Å². The van der Waals surface area contributed by atoms with Crippen LogP contribution in [-0.2, 0) is 4.79 Å². The van der Waals surface area contributed by atoms with Crippen molar-refractivity contribution >= 4 is 17.2 Å². The van der Waals surface area contributed by atoms with Gasteiger partial charge in [-0.15, -0.1) is 0 Å².